The predicted molar refractivity (Wildman–Crippen MR) is 126 cm³/mol. The summed E-state index contributed by atoms with van der Waals surface area (Å²) in [5.74, 6) is -2.36. The number of ether oxygens (including phenoxy) is 1. The number of fused-ring (bicyclic) bond motifs is 1. The number of esters is 1. The number of amides is 2. The number of carbonyl (C=O) groups is 4. The zero-order valence-electron chi connectivity index (χ0n) is 18.0. The number of β-lactam (4-membered cyclic amide) rings is 1. The molecule has 9 nitrogen and oxygen atoms in total. The topological polar surface area (TPSA) is 126 Å². The lowest BCUT2D eigenvalue weighted by Crippen LogP contribution is -2.70. The maximum atomic E-state index is 12.9. The lowest BCUT2D eigenvalue weighted by atomic mass is 9.96. The third-order valence-electron chi connectivity index (χ3n) is 5.24. The van der Waals surface area contributed by atoms with Crippen LogP contribution in [-0.2, 0) is 23.9 Å². The zero-order valence-corrected chi connectivity index (χ0v) is 19.7. The Bertz CT molecular complexity index is 1140. The molecular weight excluding hydrogens is 478 g/mol. The van der Waals surface area contributed by atoms with E-state index in [2.05, 4.69) is 10.3 Å². The van der Waals surface area contributed by atoms with Gasteiger partial charge in [-0.3, -0.25) is 24.3 Å². The first-order valence-electron chi connectivity index (χ1n) is 10.3. The Hall–Kier alpha value is -3.31. The predicted octanol–water partition coefficient (Wildman–Crippen LogP) is 2.22. The number of hydrogen-bond donors (Lipinski definition) is 2. The number of rotatable bonds is 8. The first-order valence-corrected chi connectivity index (χ1v) is 12.4. The van der Waals surface area contributed by atoms with Gasteiger partial charge in [0.15, 0.2) is 6.10 Å². The molecule has 0 saturated carbocycles. The van der Waals surface area contributed by atoms with Crippen LogP contribution in [0.3, 0.4) is 0 Å². The summed E-state index contributed by atoms with van der Waals surface area (Å²) in [4.78, 5) is 55.3. The molecule has 1 saturated heterocycles. The van der Waals surface area contributed by atoms with Gasteiger partial charge < -0.3 is 15.2 Å². The van der Waals surface area contributed by atoms with Gasteiger partial charge in [0.05, 0.1) is 5.75 Å². The SMILES string of the molecule is CC(=O)OC(C1=C(C(=O)O)N2C(=O)[C@H](NC(=O)CSc3ccncc3)[C@H]2SC1)c1ccccc1. The maximum absolute atomic E-state index is 12.9. The van der Waals surface area contributed by atoms with Gasteiger partial charge in [-0.25, -0.2) is 4.79 Å². The second-order valence-electron chi connectivity index (χ2n) is 7.51. The second-order valence-corrected chi connectivity index (χ2v) is 9.66. The summed E-state index contributed by atoms with van der Waals surface area (Å²) >= 11 is 2.64. The number of aromatic nitrogens is 1. The number of nitrogens with one attached hydrogen (secondary N) is 1. The molecule has 2 amide bonds. The van der Waals surface area contributed by atoms with E-state index in [0.29, 0.717) is 11.1 Å². The van der Waals surface area contributed by atoms with Crippen molar-refractivity contribution in [2.45, 2.75) is 29.3 Å². The number of carboxylic acid groups (broad SMARTS) is 1. The van der Waals surface area contributed by atoms with Crippen molar-refractivity contribution in [1.82, 2.24) is 15.2 Å². The van der Waals surface area contributed by atoms with Crippen molar-refractivity contribution in [1.29, 1.82) is 0 Å². The van der Waals surface area contributed by atoms with E-state index in [0.717, 1.165) is 4.90 Å². The quantitative estimate of drug-likeness (QED) is 0.319. The van der Waals surface area contributed by atoms with Crippen LogP contribution >= 0.6 is 23.5 Å². The van der Waals surface area contributed by atoms with Gasteiger partial charge in [-0.05, 0) is 17.7 Å². The molecule has 2 aliphatic rings. The number of thioether (sulfide) groups is 2. The summed E-state index contributed by atoms with van der Waals surface area (Å²) < 4.78 is 5.48. The summed E-state index contributed by atoms with van der Waals surface area (Å²) in [6.07, 6.45) is 2.32. The number of hydrogen-bond acceptors (Lipinski definition) is 8. The van der Waals surface area contributed by atoms with Crippen LogP contribution in [-0.4, -0.2) is 61.7 Å². The van der Waals surface area contributed by atoms with E-state index < -0.39 is 35.4 Å². The average molecular weight is 500 g/mol. The Balaban J connectivity index is 1.52. The van der Waals surface area contributed by atoms with Crippen molar-refractivity contribution in [2.75, 3.05) is 11.5 Å². The highest BCUT2D eigenvalue weighted by Crippen LogP contribution is 2.44. The van der Waals surface area contributed by atoms with Crippen LogP contribution in [0.15, 0.2) is 71.0 Å². The number of aliphatic carboxylic acids is 1. The minimum Gasteiger partial charge on any atom is -0.477 e. The van der Waals surface area contributed by atoms with E-state index in [4.69, 9.17) is 4.74 Å². The average Bonchev–Trinajstić information content (AvgIpc) is 2.84. The van der Waals surface area contributed by atoms with Gasteiger partial charge in [0, 0.05) is 35.5 Å². The molecule has 1 fully saturated rings. The van der Waals surface area contributed by atoms with E-state index in [1.807, 2.05) is 0 Å². The Morgan fingerprint density at radius 1 is 1.24 bits per heavy atom. The van der Waals surface area contributed by atoms with Gasteiger partial charge >= 0.3 is 11.9 Å². The normalized spacial score (nSPS) is 20.1. The van der Waals surface area contributed by atoms with Crippen molar-refractivity contribution >= 4 is 47.3 Å². The molecule has 0 bridgehead atoms. The lowest BCUT2D eigenvalue weighted by Gasteiger charge is -2.50. The fourth-order valence-corrected chi connectivity index (χ4v) is 5.85. The highest BCUT2D eigenvalue weighted by Gasteiger charge is 2.55. The summed E-state index contributed by atoms with van der Waals surface area (Å²) in [5.41, 5.74) is 0.721. The van der Waals surface area contributed by atoms with Gasteiger partial charge in [0.25, 0.3) is 5.91 Å². The van der Waals surface area contributed by atoms with Crippen LogP contribution in [0, 0.1) is 0 Å². The summed E-state index contributed by atoms with van der Waals surface area (Å²) in [6, 6.07) is 11.5. The molecule has 3 heterocycles. The van der Waals surface area contributed by atoms with E-state index in [9.17, 15) is 24.3 Å². The van der Waals surface area contributed by atoms with Crippen molar-refractivity contribution in [2.24, 2.45) is 0 Å². The van der Waals surface area contributed by atoms with E-state index in [1.165, 1.54) is 35.3 Å². The lowest BCUT2D eigenvalue weighted by molar-refractivity contribution is -0.151. The molecule has 1 aromatic carbocycles. The van der Waals surface area contributed by atoms with Crippen LogP contribution < -0.4 is 5.32 Å². The summed E-state index contributed by atoms with van der Waals surface area (Å²) in [6.45, 7) is 1.25. The summed E-state index contributed by atoms with van der Waals surface area (Å²) in [5, 5.41) is 12.1. The first kappa shape index (κ1) is 23.8. The smallest absolute Gasteiger partial charge is 0.352 e. The zero-order chi connectivity index (χ0) is 24.2. The molecule has 11 heteroatoms. The van der Waals surface area contributed by atoms with Crippen LogP contribution in [0.1, 0.15) is 18.6 Å². The molecule has 3 atom stereocenters. The molecule has 34 heavy (non-hydrogen) atoms. The monoisotopic (exact) mass is 499 g/mol. The van der Waals surface area contributed by atoms with Gasteiger partial charge in [-0.15, -0.1) is 23.5 Å². The second kappa shape index (κ2) is 10.3. The standard InChI is InChI=1S/C23H21N3O6S2/c1-13(27)32-20(14-5-3-2-4-6-14)16-11-34-22-18(21(29)26(22)19(16)23(30)31)25-17(28)12-33-15-7-9-24-10-8-15/h2-10,18,20,22H,11-12H2,1H3,(H,25,28)(H,30,31)/t18-,20?,22+/m0/s1. The summed E-state index contributed by atoms with van der Waals surface area (Å²) in [7, 11) is 0. The Morgan fingerprint density at radius 2 is 1.94 bits per heavy atom. The van der Waals surface area contributed by atoms with E-state index in [-0.39, 0.29) is 23.1 Å². The number of carbonyl (C=O) groups excluding carboxylic acids is 3. The molecule has 1 aromatic heterocycles. The van der Waals surface area contributed by atoms with E-state index >= 15 is 0 Å². The molecule has 2 aliphatic heterocycles. The van der Waals surface area contributed by atoms with Crippen molar-refractivity contribution < 1.29 is 29.0 Å². The fraction of sp³-hybridized carbons (Fsp3) is 0.261. The molecule has 2 aromatic rings. The molecule has 0 spiro atoms. The van der Waals surface area contributed by atoms with Crippen LogP contribution in [0.5, 0.6) is 0 Å². The third-order valence-corrected chi connectivity index (χ3v) is 7.55. The molecular formula is C23H21N3O6S2. The maximum Gasteiger partial charge on any atom is 0.352 e. The van der Waals surface area contributed by atoms with Gasteiger partial charge in [-0.1, -0.05) is 30.3 Å². The number of carboxylic acids is 1. The number of pyridine rings is 1. The number of benzene rings is 1. The Morgan fingerprint density at radius 3 is 2.59 bits per heavy atom. The molecule has 4 rings (SSSR count). The molecule has 2 N–H and O–H groups in total. The third kappa shape index (κ3) is 4.95. The molecule has 0 aliphatic carbocycles. The number of nitrogens with zero attached hydrogens (tertiary/aromatic N) is 2. The van der Waals surface area contributed by atoms with Gasteiger partial charge in [0.2, 0.25) is 5.91 Å². The highest BCUT2D eigenvalue weighted by atomic mass is 32.2. The Kier molecular flexibility index (Phi) is 7.23. The minimum absolute atomic E-state index is 0.112. The highest BCUT2D eigenvalue weighted by molar-refractivity contribution is 8.00. The van der Waals surface area contributed by atoms with Gasteiger partial charge in [-0.2, -0.15) is 0 Å². The van der Waals surface area contributed by atoms with Crippen molar-refractivity contribution in [3.8, 4) is 0 Å². The molecule has 176 valence electrons. The Labute approximate surface area is 203 Å². The molecule has 0 radical (unpaired) electrons. The fourth-order valence-electron chi connectivity index (χ4n) is 3.78. The minimum atomic E-state index is -1.29. The van der Waals surface area contributed by atoms with Crippen LogP contribution in [0.25, 0.3) is 0 Å². The van der Waals surface area contributed by atoms with Crippen LogP contribution in [0.2, 0.25) is 0 Å². The molecule has 1 unspecified atom stereocenters. The van der Waals surface area contributed by atoms with Gasteiger partial charge in [0.1, 0.15) is 17.1 Å². The van der Waals surface area contributed by atoms with Crippen LogP contribution in [0.4, 0.5) is 0 Å². The van der Waals surface area contributed by atoms with E-state index in [1.54, 1.807) is 54.9 Å². The largest absolute Gasteiger partial charge is 0.477 e. The van der Waals surface area contributed by atoms with Crippen molar-refractivity contribution in [3.63, 3.8) is 0 Å². The van der Waals surface area contributed by atoms with Crippen molar-refractivity contribution in [3.05, 3.63) is 71.7 Å². The first-order chi connectivity index (χ1) is 16.4.